The number of guanidine groups is 1. The van der Waals surface area contributed by atoms with E-state index in [9.17, 15) is 14.4 Å². The Labute approximate surface area is 293 Å². The highest BCUT2D eigenvalue weighted by atomic mass is 16.2. The second-order valence-electron chi connectivity index (χ2n) is 13.4. The van der Waals surface area contributed by atoms with Crippen LogP contribution in [0.4, 0.5) is 0 Å². The smallest absolute Gasteiger partial charge is 0.245 e. The number of aliphatic imine (C=N–C) groups is 1. The van der Waals surface area contributed by atoms with Gasteiger partial charge in [0.2, 0.25) is 17.7 Å². The molecule has 1 fully saturated rings. The fraction of sp³-hybridized carbons (Fsp3) is 0.395. The number of H-pyrrole nitrogens is 1. The van der Waals surface area contributed by atoms with Gasteiger partial charge >= 0.3 is 0 Å². The van der Waals surface area contributed by atoms with Crippen molar-refractivity contribution in [3.05, 3.63) is 101 Å². The van der Waals surface area contributed by atoms with E-state index in [0.717, 1.165) is 38.7 Å². The monoisotopic (exact) mass is 679 g/mol. The maximum atomic E-state index is 14.6. The number of carbonyl (C=O) groups is 3. The van der Waals surface area contributed by atoms with E-state index < -0.39 is 18.0 Å². The number of nitrogens with one attached hydrogen (secondary N) is 2. The average Bonchev–Trinajstić information content (AvgIpc) is 3.60. The molecule has 12 nitrogen and oxygen atoms in total. The molecule has 0 radical (unpaired) electrons. The normalized spacial score (nSPS) is 17.3. The van der Waals surface area contributed by atoms with Gasteiger partial charge < -0.3 is 37.3 Å². The molecule has 0 spiro atoms. The van der Waals surface area contributed by atoms with Crippen LogP contribution in [0.1, 0.15) is 47.7 Å². The fourth-order valence-electron chi connectivity index (χ4n) is 6.76. The van der Waals surface area contributed by atoms with Crippen molar-refractivity contribution in [2.24, 2.45) is 22.2 Å². The van der Waals surface area contributed by atoms with Crippen molar-refractivity contribution in [3.8, 4) is 0 Å². The molecule has 12 heteroatoms. The van der Waals surface area contributed by atoms with Crippen molar-refractivity contribution in [1.29, 1.82) is 0 Å². The van der Waals surface area contributed by atoms with Gasteiger partial charge in [-0.3, -0.25) is 19.4 Å². The number of carbonyl (C=O) groups excluding carboxylic acids is 3. The molecule has 264 valence electrons. The SMILES string of the molecule is Cc1ccc(C[C@@H](NC(=O)[C@@H](N)Cc2cnc[nH]2)C(=O)N2C[C@@H](C)N(C(=O)Cc3ccc4ccccc4c3)C[C@@H]2CCCN=C(N)N)c(C)c1. The Kier molecular flexibility index (Phi) is 11.9. The van der Waals surface area contributed by atoms with Crippen molar-refractivity contribution in [2.75, 3.05) is 19.6 Å². The predicted molar refractivity (Wildman–Crippen MR) is 196 cm³/mol. The van der Waals surface area contributed by atoms with Crippen LogP contribution in [0.5, 0.6) is 0 Å². The minimum atomic E-state index is -0.885. The van der Waals surface area contributed by atoms with Gasteiger partial charge in [0.15, 0.2) is 5.96 Å². The number of aromatic amines is 1. The Morgan fingerprint density at radius 1 is 1.00 bits per heavy atom. The number of amides is 3. The molecule has 1 aromatic heterocycles. The topological polar surface area (TPSA) is 189 Å². The number of aromatic nitrogens is 2. The van der Waals surface area contributed by atoms with E-state index in [2.05, 4.69) is 38.5 Å². The number of nitrogens with two attached hydrogens (primary N) is 3. The summed E-state index contributed by atoms with van der Waals surface area (Å²) < 4.78 is 0. The third kappa shape index (κ3) is 9.26. The van der Waals surface area contributed by atoms with E-state index in [1.54, 1.807) is 6.20 Å². The zero-order valence-corrected chi connectivity index (χ0v) is 29.1. The zero-order chi connectivity index (χ0) is 35.8. The summed E-state index contributed by atoms with van der Waals surface area (Å²) in [6, 6.07) is 17.9. The Bertz CT molecular complexity index is 1820. The molecule has 1 saturated heterocycles. The summed E-state index contributed by atoms with van der Waals surface area (Å²) in [6.07, 6.45) is 5.13. The van der Waals surface area contributed by atoms with Crippen molar-refractivity contribution in [1.82, 2.24) is 25.1 Å². The van der Waals surface area contributed by atoms with Gasteiger partial charge in [-0.25, -0.2) is 4.98 Å². The second kappa shape index (κ2) is 16.4. The Morgan fingerprint density at radius 2 is 1.78 bits per heavy atom. The summed E-state index contributed by atoms with van der Waals surface area (Å²) >= 11 is 0. The first-order valence-corrected chi connectivity index (χ1v) is 17.2. The van der Waals surface area contributed by atoms with E-state index in [1.165, 1.54) is 6.33 Å². The van der Waals surface area contributed by atoms with Crippen molar-refractivity contribution in [2.45, 2.75) is 77.0 Å². The first-order chi connectivity index (χ1) is 24.0. The third-order valence-electron chi connectivity index (χ3n) is 9.47. The number of hydrogen-bond acceptors (Lipinski definition) is 6. The van der Waals surface area contributed by atoms with Crippen molar-refractivity contribution >= 4 is 34.5 Å². The first-order valence-electron chi connectivity index (χ1n) is 17.2. The maximum absolute atomic E-state index is 14.6. The molecular weight excluding hydrogens is 630 g/mol. The summed E-state index contributed by atoms with van der Waals surface area (Å²) in [5.41, 5.74) is 22.2. The van der Waals surface area contributed by atoms with E-state index >= 15 is 0 Å². The molecule has 0 bridgehead atoms. The molecule has 3 amide bonds. The standard InChI is InChI=1S/C38H49N9O3/c1-24-10-12-29(25(2)15-24)18-34(45-36(49)33(39)19-31-20-42-23-44-31)37(50)47-21-26(3)46(22-32(47)9-6-14-43-38(40)41)35(48)17-27-11-13-28-7-4-5-8-30(28)16-27/h4-5,7-8,10-13,15-16,20,23,26,32-34H,6,9,14,17-19,21-22,39H2,1-3H3,(H,42,44)(H,45,49)(H4,40,41,43)/t26-,32+,33+,34-/m1/s1. The summed E-state index contributed by atoms with van der Waals surface area (Å²) in [4.78, 5) is 56.8. The van der Waals surface area contributed by atoms with E-state index in [4.69, 9.17) is 17.2 Å². The predicted octanol–water partition coefficient (Wildman–Crippen LogP) is 2.50. The number of fused-ring (bicyclic) bond motifs is 1. The van der Waals surface area contributed by atoms with Crippen LogP contribution < -0.4 is 22.5 Å². The quantitative estimate of drug-likeness (QED) is 0.0815. The molecule has 1 aliphatic rings. The molecule has 50 heavy (non-hydrogen) atoms. The molecule has 2 heterocycles. The Morgan fingerprint density at radius 3 is 2.50 bits per heavy atom. The molecule has 3 aromatic carbocycles. The van der Waals surface area contributed by atoms with Crippen LogP contribution in [0.2, 0.25) is 0 Å². The first kappa shape index (κ1) is 36.1. The summed E-state index contributed by atoms with van der Waals surface area (Å²) in [6.45, 7) is 7.05. The van der Waals surface area contributed by atoms with Crippen LogP contribution in [0.25, 0.3) is 10.8 Å². The van der Waals surface area contributed by atoms with Gasteiger partial charge in [0.1, 0.15) is 6.04 Å². The lowest BCUT2D eigenvalue weighted by atomic mass is 9.95. The Balaban J connectivity index is 1.38. The molecular formula is C38H49N9O3. The van der Waals surface area contributed by atoms with Gasteiger partial charge in [-0.2, -0.15) is 0 Å². The minimum Gasteiger partial charge on any atom is -0.370 e. The van der Waals surface area contributed by atoms with Gasteiger partial charge in [-0.15, -0.1) is 0 Å². The average molecular weight is 680 g/mol. The second-order valence-corrected chi connectivity index (χ2v) is 13.4. The molecule has 5 rings (SSSR count). The summed E-state index contributed by atoms with van der Waals surface area (Å²) in [7, 11) is 0. The lowest BCUT2D eigenvalue weighted by Crippen LogP contribution is -2.64. The van der Waals surface area contributed by atoms with Gasteiger partial charge in [0, 0.05) is 56.5 Å². The van der Waals surface area contributed by atoms with E-state index in [1.807, 2.05) is 73.0 Å². The lowest BCUT2D eigenvalue weighted by molar-refractivity contribution is -0.148. The molecule has 8 N–H and O–H groups in total. The third-order valence-corrected chi connectivity index (χ3v) is 9.47. The summed E-state index contributed by atoms with van der Waals surface area (Å²) in [5.74, 6) is -0.638. The number of aryl methyl sites for hydroxylation is 2. The number of rotatable bonds is 13. The van der Waals surface area contributed by atoms with Crippen LogP contribution in [0.15, 0.2) is 78.2 Å². The van der Waals surface area contributed by atoms with Gasteiger partial charge in [-0.1, -0.05) is 66.2 Å². The molecule has 0 saturated carbocycles. The summed E-state index contributed by atoms with van der Waals surface area (Å²) in [5, 5.41) is 5.19. The highest BCUT2D eigenvalue weighted by Gasteiger charge is 2.39. The van der Waals surface area contributed by atoms with E-state index in [0.29, 0.717) is 38.9 Å². The van der Waals surface area contributed by atoms with Crippen LogP contribution in [-0.4, -0.2) is 87.3 Å². The van der Waals surface area contributed by atoms with Gasteiger partial charge in [0.05, 0.1) is 18.8 Å². The largest absolute Gasteiger partial charge is 0.370 e. The van der Waals surface area contributed by atoms with Crippen molar-refractivity contribution < 1.29 is 14.4 Å². The Hall–Kier alpha value is -5.23. The minimum absolute atomic E-state index is 0.000911. The number of imidazole rings is 1. The van der Waals surface area contributed by atoms with Crippen molar-refractivity contribution in [3.63, 3.8) is 0 Å². The molecule has 4 atom stereocenters. The number of piperazine rings is 1. The number of benzene rings is 3. The highest BCUT2D eigenvalue weighted by molar-refractivity contribution is 5.91. The van der Waals surface area contributed by atoms with Gasteiger partial charge in [0.25, 0.3) is 0 Å². The molecule has 0 unspecified atom stereocenters. The number of nitrogens with zero attached hydrogens (tertiary/aromatic N) is 4. The molecule has 1 aliphatic heterocycles. The number of hydrogen-bond donors (Lipinski definition) is 5. The lowest BCUT2D eigenvalue weighted by Gasteiger charge is -2.46. The van der Waals surface area contributed by atoms with Gasteiger partial charge in [-0.05, 0) is 61.1 Å². The molecule has 4 aromatic rings. The maximum Gasteiger partial charge on any atom is 0.245 e. The molecule has 0 aliphatic carbocycles. The van der Waals surface area contributed by atoms with Crippen LogP contribution in [0.3, 0.4) is 0 Å². The van der Waals surface area contributed by atoms with E-state index in [-0.39, 0.29) is 42.7 Å². The fourth-order valence-corrected chi connectivity index (χ4v) is 6.76. The van der Waals surface area contributed by atoms with Crippen LogP contribution >= 0.6 is 0 Å². The zero-order valence-electron chi connectivity index (χ0n) is 29.1. The van der Waals surface area contributed by atoms with Crippen LogP contribution in [0, 0.1) is 13.8 Å². The van der Waals surface area contributed by atoms with Crippen LogP contribution in [-0.2, 0) is 33.6 Å². The highest BCUT2D eigenvalue weighted by Crippen LogP contribution is 2.24.